The van der Waals surface area contributed by atoms with Gasteiger partial charge in [0.05, 0.1) is 0 Å². The van der Waals surface area contributed by atoms with Crippen LogP contribution < -0.4 is 10.6 Å². The summed E-state index contributed by atoms with van der Waals surface area (Å²) in [7, 11) is 0. The van der Waals surface area contributed by atoms with Crippen molar-refractivity contribution in [3.05, 3.63) is 35.9 Å². The van der Waals surface area contributed by atoms with Crippen molar-refractivity contribution < 1.29 is 4.79 Å². The average Bonchev–Trinajstić information content (AvgIpc) is 3.02. The molecule has 1 aromatic rings. The first-order chi connectivity index (χ1) is 10.3. The van der Waals surface area contributed by atoms with Crippen LogP contribution in [0.4, 0.5) is 0 Å². The summed E-state index contributed by atoms with van der Waals surface area (Å²) in [6.07, 6.45) is 6.47. The van der Waals surface area contributed by atoms with Crippen LogP contribution in [0.1, 0.15) is 50.0 Å². The maximum atomic E-state index is 12.1. The van der Waals surface area contributed by atoms with Crippen LogP contribution in [-0.2, 0) is 4.79 Å². The number of carbonyl (C=O) groups excluding carboxylic acids is 1. The van der Waals surface area contributed by atoms with Gasteiger partial charge in [0.2, 0.25) is 5.91 Å². The Morgan fingerprint density at radius 3 is 2.45 bits per heavy atom. The molecular weight excluding hydrogens is 296 g/mol. The van der Waals surface area contributed by atoms with Gasteiger partial charge in [0.1, 0.15) is 0 Å². The molecule has 3 nitrogen and oxygen atoms in total. The Hall–Kier alpha value is -1.06. The van der Waals surface area contributed by atoms with E-state index in [1.165, 1.54) is 18.4 Å². The van der Waals surface area contributed by atoms with Gasteiger partial charge in [-0.2, -0.15) is 0 Å². The minimum Gasteiger partial charge on any atom is -0.353 e. The van der Waals surface area contributed by atoms with Gasteiger partial charge in [-0.25, -0.2) is 0 Å². The smallest absolute Gasteiger partial charge is 0.220 e. The van der Waals surface area contributed by atoms with Crippen molar-refractivity contribution in [2.75, 3.05) is 13.1 Å². The first kappa shape index (κ1) is 17.3. The Kier molecular flexibility index (Phi) is 6.71. The summed E-state index contributed by atoms with van der Waals surface area (Å²) < 4.78 is 0. The molecule has 1 aliphatic carbocycles. The lowest BCUT2D eigenvalue weighted by molar-refractivity contribution is -0.122. The van der Waals surface area contributed by atoms with Crippen LogP contribution in [0.3, 0.4) is 0 Å². The van der Waals surface area contributed by atoms with E-state index >= 15 is 0 Å². The van der Waals surface area contributed by atoms with Crippen molar-refractivity contribution in [3.63, 3.8) is 0 Å². The molecule has 2 N–H and O–H groups in total. The number of hydrogen-bond acceptors (Lipinski definition) is 2. The van der Waals surface area contributed by atoms with Crippen molar-refractivity contribution in [3.8, 4) is 0 Å². The lowest BCUT2D eigenvalue weighted by Gasteiger charge is -2.29. The van der Waals surface area contributed by atoms with Gasteiger partial charge in [-0.05, 0) is 62.6 Å². The van der Waals surface area contributed by atoms with Crippen molar-refractivity contribution in [1.29, 1.82) is 0 Å². The molecule has 1 atom stereocenters. The molecule has 1 unspecified atom stereocenters. The standard InChI is InChI=1S/C18H26N2O.ClH/c21-18(12-14-10-11-19-13-14)20-17-8-6-16(7-9-17)15-4-2-1-3-5-15;/h1-5,14,16-17,19H,6-13H2,(H,20,21);1H. The van der Waals surface area contributed by atoms with Crippen molar-refractivity contribution in [2.45, 2.75) is 50.5 Å². The Morgan fingerprint density at radius 2 is 1.82 bits per heavy atom. The topological polar surface area (TPSA) is 41.1 Å². The predicted molar refractivity (Wildman–Crippen MR) is 92.4 cm³/mol. The van der Waals surface area contributed by atoms with Crippen LogP contribution in [0.2, 0.25) is 0 Å². The molecule has 22 heavy (non-hydrogen) atoms. The maximum absolute atomic E-state index is 12.1. The molecule has 1 saturated heterocycles. The molecule has 2 fully saturated rings. The molecule has 0 bridgehead atoms. The van der Waals surface area contributed by atoms with E-state index in [1.54, 1.807) is 0 Å². The third-order valence-corrected chi connectivity index (χ3v) is 5.00. The highest BCUT2D eigenvalue weighted by atomic mass is 35.5. The van der Waals surface area contributed by atoms with Gasteiger partial charge in [-0.1, -0.05) is 30.3 Å². The second-order valence-electron chi connectivity index (χ2n) is 6.59. The van der Waals surface area contributed by atoms with E-state index in [9.17, 15) is 4.79 Å². The van der Waals surface area contributed by atoms with E-state index in [-0.39, 0.29) is 18.3 Å². The van der Waals surface area contributed by atoms with E-state index < -0.39 is 0 Å². The molecular formula is C18H27ClN2O. The van der Waals surface area contributed by atoms with Crippen LogP contribution in [0.5, 0.6) is 0 Å². The summed E-state index contributed by atoms with van der Waals surface area (Å²) in [6, 6.07) is 11.2. The maximum Gasteiger partial charge on any atom is 0.220 e. The Balaban J connectivity index is 0.00000176. The number of carbonyl (C=O) groups is 1. The monoisotopic (exact) mass is 322 g/mol. The summed E-state index contributed by atoms with van der Waals surface area (Å²) in [5.74, 6) is 1.48. The van der Waals surface area contributed by atoms with Crippen LogP contribution in [0, 0.1) is 5.92 Å². The summed E-state index contributed by atoms with van der Waals surface area (Å²) in [5, 5.41) is 6.58. The molecule has 1 saturated carbocycles. The minimum absolute atomic E-state index is 0. The van der Waals surface area contributed by atoms with Crippen LogP contribution in [0.15, 0.2) is 30.3 Å². The number of benzene rings is 1. The first-order valence-corrected chi connectivity index (χ1v) is 8.36. The minimum atomic E-state index is 0. The van der Waals surface area contributed by atoms with E-state index in [1.807, 2.05) is 0 Å². The highest BCUT2D eigenvalue weighted by Gasteiger charge is 2.24. The van der Waals surface area contributed by atoms with Gasteiger partial charge >= 0.3 is 0 Å². The number of nitrogens with one attached hydrogen (secondary N) is 2. The molecule has 0 radical (unpaired) electrons. The molecule has 0 aromatic heterocycles. The molecule has 1 amide bonds. The highest BCUT2D eigenvalue weighted by molar-refractivity contribution is 5.85. The molecule has 1 aromatic carbocycles. The Bertz CT molecular complexity index is 451. The SMILES string of the molecule is Cl.O=C(CC1CCNC1)NC1CCC(c2ccccc2)CC1. The summed E-state index contributed by atoms with van der Waals surface area (Å²) in [4.78, 5) is 12.1. The van der Waals surface area contributed by atoms with Crippen LogP contribution in [0.25, 0.3) is 0 Å². The predicted octanol–water partition coefficient (Wildman–Crippen LogP) is 3.25. The van der Waals surface area contributed by atoms with Gasteiger partial charge in [0.25, 0.3) is 0 Å². The quantitative estimate of drug-likeness (QED) is 0.893. The van der Waals surface area contributed by atoms with Crippen molar-refractivity contribution in [1.82, 2.24) is 10.6 Å². The van der Waals surface area contributed by atoms with E-state index in [0.29, 0.717) is 24.3 Å². The first-order valence-electron chi connectivity index (χ1n) is 8.36. The van der Waals surface area contributed by atoms with Crippen molar-refractivity contribution in [2.24, 2.45) is 5.92 Å². The number of hydrogen-bond donors (Lipinski definition) is 2. The van der Waals surface area contributed by atoms with Gasteiger partial charge in [-0.15, -0.1) is 12.4 Å². The zero-order valence-corrected chi connectivity index (χ0v) is 13.9. The lowest BCUT2D eigenvalue weighted by atomic mass is 9.81. The fraction of sp³-hybridized carbons (Fsp3) is 0.611. The average molecular weight is 323 g/mol. The largest absolute Gasteiger partial charge is 0.353 e. The van der Waals surface area contributed by atoms with Gasteiger partial charge in [0.15, 0.2) is 0 Å². The third-order valence-electron chi connectivity index (χ3n) is 5.00. The summed E-state index contributed by atoms with van der Waals surface area (Å²) in [5.41, 5.74) is 1.46. The van der Waals surface area contributed by atoms with Gasteiger partial charge in [0, 0.05) is 12.5 Å². The highest BCUT2D eigenvalue weighted by Crippen LogP contribution is 2.32. The molecule has 0 spiro atoms. The number of halogens is 1. The molecule has 122 valence electrons. The normalized spacial score (nSPS) is 27.9. The lowest BCUT2D eigenvalue weighted by Crippen LogP contribution is -2.38. The van der Waals surface area contributed by atoms with Crippen LogP contribution >= 0.6 is 12.4 Å². The number of amides is 1. The third kappa shape index (κ3) is 4.72. The zero-order chi connectivity index (χ0) is 14.5. The fourth-order valence-corrected chi connectivity index (χ4v) is 3.73. The molecule has 1 heterocycles. The fourth-order valence-electron chi connectivity index (χ4n) is 3.73. The second kappa shape index (κ2) is 8.54. The molecule has 3 rings (SSSR count). The number of rotatable bonds is 4. The van der Waals surface area contributed by atoms with Crippen molar-refractivity contribution >= 4 is 18.3 Å². The Labute approximate surface area is 139 Å². The second-order valence-corrected chi connectivity index (χ2v) is 6.59. The molecule has 2 aliphatic rings. The van der Waals surface area contributed by atoms with E-state index in [0.717, 1.165) is 32.4 Å². The van der Waals surface area contributed by atoms with Gasteiger partial charge in [-0.3, -0.25) is 4.79 Å². The zero-order valence-electron chi connectivity index (χ0n) is 13.1. The van der Waals surface area contributed by atoms with E-state index in [2.05, 4.69) is 41.0 Å². The molecule has 1 aliphatic heterocycles. The summed E-state index contributed by atoms with van der Waals surface area (Å²) in [6.45, 7) is 2.08. The Morgan fingerprint density at radius 1 is 1.09 bits per heavy atom. The summed E-state index contributed by atoms with van der Waals surface area (Å²) >= 11 is 0. The van der Waals surface area contributed by atoms with Crippen LogP contribution in [-0.4, -0.2) is 25.0 Å². The van der Waals surface area contributed by atoms with E-state index in [4.69, 9.17) is 0 Å². The molecule has 4 heteroatoms. The van der Waals surface area contributed by atoms with Gasteiger partial charge < -0.3 is 10.6 Å².